The third-order valence-corrected chi connectivity index (χ3v) is 4.76. The molecule has 1 aromatic heterocycles. The van der Waals surface area contributed by atoms with Crippen LogP contribution in [-0.4, -0.2) is 45.8 Å². The molecule has 0 amide bonds. The van der Waals surface area contributed by atoms with Crippen molar-refractivity contribution in [1.29, 1.82) is 0 Å². The fourth-order valence-corrected chi connectivity index (χ4v) is 3.29. The molecular weight excluding hydrogens is 410 g/mol. The number of fused-ring (bicyclic) bond motifs is 1. The first-order chi connectivity index (χ1) is 15.2. The number of aromatic nitrogens is 2. The molecule has 1 aromatic carbocycles. The Morgan fingerprint density at radius 1 is 1.12 bits per heavy atom. The zero-order valence-electron chi connectivity index (χ0n) is 19.5. The highest BCUT2D eigenvalue weighted by atomic mass is 16.5. The molecule has 174 valence electrons. The number of anilines is 4. The normalized spacial score (nSPS) is 14.0. The molecule has 1 aliphatic rings. The van der Waals surface area contributed by atoms with Crippen molar-refractivity contribution in [3.8, 4) is 5.75 Å². The molecule has 0 saturated carbocycles. The molecule has 10 nitrogen and oxygen atoms in total. The van der Waals surface area contributed by atoms with E-state index in [2.05, 4.69) is 43.9 Å². The van der Waals surface area contributed by atoms with Gasteiger partial charge in [-0.25, -0.2) is 0 Å². The molecule has 0 bridgehead atoms. The Balaban J connectivity index is 1.94. The van der Waals surface area contributed by atoms with E-state index in [9.17, 15) is 9.90 Å². The zero-order valence-corrected chi connectivity index (χ0v) is 19.5. The van der Waals surface area contributed by atoms with Gasteiger partial charge in [0, 0.05) is 32.1 Å². The fourth-order valence-electron chi connectivity index (χ4n) is 3.29. The van der Waals surface area contributed by atoms with Crippen LogP contribution >= 0.6 is 0 Å². The van der Waals surface area contributed by atoms with E-state index < -0.39 is 6.10 Å². The van der Waals surface area contributed by atoms with Gasteiger partial charge < -0.3 is 20.5 Å². The van der Waals surface area contributed by atoms with Crippen LogP contribution in [-0.2, 0) is 11.3 Å². The van der Waals surface area contributed by atoms with Gasteiger partial charge in [0.25, 0.3) is 0 Å². The summed E-state index contributed by atoms with van der Waals surface area (Å²) in [5.41, 5.74) is 5.20. The average molecular weight is 444 g/mol. The Kier molecular flexibility index (Phi) is 7.37. The lowest BCUT2D eigenvalue weighted by Gasteiger charge is -2.27. The second-order valence-corrected chi connectivity index (χ2v) is 8.42. The van der Waals surface area contributed by atoms with Crippen LogP contribution in [0.5, 0.6) is 5.75 Å². The molecule has 0 aliphatic carbocycles. The molecule has 1 unspecified atom stereocenters. The number of aliphatic hydroxyl groups is 1. The number of benzene rings is 1. The van der Waals surface area contributed by atoms with Crippen molar-refractivity contribution in [3.63, 3.8) is 0 Å². The number of rotatable bonds is 9. The lowest BCUT2D eigenvalue weighted by Crippen LogP contribution is -2.50. The highest BCUT2D eigenvalue weighted by Crippen LogP contribution is 2.40. The number of carbonyl (C=O) groups is 1. The van der Waals surface area contributed by atoms with E-state index in [0.717, 1.165) is 17.1 Å². The standard InChI is InChI=1S/C22H33N7O3/c1-13(2)28-19-20(23-12-17-8-7-9-18(10-17)32-16(6)31)25-22(24-11-15(5)30)26-21(19)29(27-28)14(3)4/h7-10,13-15,27,30H,11-12H2,1-6H3,(H2,23,24,25,26). The number of aliphatic hydroxyl groups excluding tert-OH is 1. The second-order valence-electron chi connectivity index (χ2n) is 8.42. The predicted molar refractivity (Wildman–Crippen MR) is 126 cm³/mol. The van der Waals surface area contributed by atoms with Gasteiger partial charge in [-0.15, -0.1) is 5.53 Å². The molecule has 2 aromatic rings. The molecule has 2 heterocycles. The van der Waals surface area contributed by atoms with Gasteiger partial charge in [-0.3, -0.25) is 14.8 Å². The Hall–Kier alpha value is -3.11. The number of nitrogens with one attached hydrogen (secondary N) is 3. The van der Waals surface area contributed by atoms with E-state index in [0.29, 0.717) is 30.6 Å². The summed E-state index contributed by atoms with van der Waals surface area (Å²) in [6.07, 6.45) is -0.529. The van der Waals surface area contributed by atoms with Crippen molar-refractivity contribution < 1.29 is 14.6 Å². The van der Waals surface area contributed by atoms with Gasteiger partial charge in [0.2, 0.25) is 5.95 Å². The SMILES string of the molecule is CC(=O)Oc1cccc(CNc2nc(NCC(C)O)nc3c2N(C(C)C)NN3C(C)C)c1. The van der Waals surface area contributed by atoms with Gasteiger partial charge in [-0.1, -0.05) is 12.1 Å². The number of hydrogen-bond acceptors (Lipinski definition) is 10. The molecule has 0 fully saturated rings. The van der Waals surface area contributed by atoms with Crippen molar-refractivity contribution in [2.24, 2.45) is 0 Å². The smallest absolute Gasteiger partial charge is 0.308 e. The van der Waals surface area contributed by atoms with Crippen LogP contribution in [0, 0.1) is 0 Å². The Bertz CT molecular complexity index is 949. The number of hydrogen-bond donors (Lipinski definition) is 4. The van der Waals surface area contributed by atoms with Crippen LogP contribution in [0.1, 0.15) is 47.1 Å². The second kappa shape index (κ2) is 10.0. The number of hydrazine groups is 2. The highest BCUT2D eigenvalue weighted by Gasteiger charge is 2.34. The first-order valence-corrected chi connectivity index (χ1v) is 10.9. The maximum Gasteiger partial charge on any atom is 0.308 e. The summed E-state index contributed by atoms with van der Waals surface area (Å²) in [5.74, 6) is 1.99. The molecule has 1 atom stereocenters. The number of nitrogens with zero attached hydrogens (tertiary/aromatic N) is 4. The van der Waals surface area contributed by atoms with E-state index in [4.69, 9.17) is 14.7 Å². The Morgan fingerprint density at radius 3 is 2.47 bits per heavy atom. The van der Waals surface area contributed by atoms with E-state index in [1.807, 2.05) is 28.2 Å². The predicted octanol–water partition coefficient (Wildman–Crippen LogP) is 2.67. The minimum atomic E-state index is -0.529. The van der Waals surface area contributed by atoms with Crippen molar-refractivity contribution in [2.45, 2.75) is 66.3 Å². The topological polar surface area (TPSA) is 115 Å². The van der Waals surface area contributed by atoms with Crippen molar-refractivity contribution in [2.75, 3.05) is 27.2 Å². The summed E-state index contributed by atoms with van der Waals surface area (Å²) in [6, 6.07) is 7.68. The number of esters is 1. The largest absolute Gasteiger partial charge is 0.427 e. The molecule has 0 spiro atoms. The van der Waals surface area contributed by atoms with Gasteiger partial charge in [0.1, 0.15) is 11.4 Å². The summed E-state index contributed by atoms with van der Waals surface area (Å²) in [6.45, 7) is 12.2. The number of carbonyl (C=O) groups excluding carboxylic acids is 1. The van der Waals surface area contributed by atoms with Crippen LogP contribution in [0.25, 0.3) is 0 Å². The first kappa shape index (κ1) is 23.6. The minimum absolute atomic E-state index is 0.158. The molecule has 10 heteroatoms. The third-order valence-electron chi connectivity index (χ3n) is 4.76. The van der Waals surface area contributed by atoms with E-state index >= 15 is 0 Å². The van der Waals surface area contributed by atoms with Crippen molar-refractivity contribution in [3.05, 3.63) is 29.8 Å². The summed E-state index contributed by atoms with van der Waals surface area (Å²) in [5, 5.41) is 20.2. The summed E-state index contributed by atoms with van der Waals surface area (Å²) < 4.78 is 5.19. The van der Waals surface area contributed by atoms with Gasteiger partial charge in [-0.05, 0) is 52.3 Å². The highest BCUT2D eigenvalue weighted by molar-refractivity contribution is 5.83. The van der Waals surface area contributed by atoms with Gasteiger partial charge in [0.05, 0.1) is 6.10 Å². The molecule has 32 heavy (non-hydrogen) atoms. The van der Waals surface area contributed by atoms with Crippen molar-refractivity contribution >= 4 is 29.2 Å². The molecule has 0 radical (unpaired) electrons. The van der Waals surface area contributed by atoms with Crippen molar-refractivity contribution in [1.82, 2.24) is 15.5 Å². The van der Waals surface area contributed by atoms with Gasteiger partial charge in [-0.2, -0.15) is 9.97 Å². The van der Waals surface area contributed by atoms with E-state index in [1.165, 1.54) is 6.92 Å². The summed E-state index contributed by atoms with van der Waals surface area (Å²) >= 11 is 0. The number of ether oxygens (including phenoxy) is 1. The maximum atomic E-state index is 11.3. The molecule has 3 rings (SSSR count). The van der Waals surface area contributed by atoms with E-state index in [1.54, 1.807) is 13.0 Å². The lowest BCUT2D eigenvalue weighted by molar-refractivity contribution is -0.131. The fraction of sp³-hybridized carbons (Fsp3) is 0.500. The van der Waals surface area contributed by atoms with Crippen LogP contribution in [0.2, 0.25) is 0 Å². The van der Waals surface area contributed by atoms with Crippen LogP contribution in [0.15, 0.2) is 24.3 Å². The van der Waals surface area contributed by atoms with Crippen LogP contribution < -0.4 is 30.9 Å². The quantitative estimate of drug-likeness (QED) is 0.341. The molecule has 1 aliphatic heterocycles. The Morgan fingerprint density at radius 2 is 1.84 bits per heavy atom. The maximum absolute atomic E-state index is 11.3. The minimum Gasteiger partial charge on any atom is -0.427 e. The molecular formula is C22H33N7O3. The summed E-state index contributed by atoms with van der Waals surface area (Å²) in [4.78, 5) is 20.7. The molecule has 4 N–H and O–H groups in total. The average Bonchev–Trinajstić information content (AvgIpc) is 3.10. The third kappa shape index (κ3) is 5.57. The Labute approximate surface area is 188 Å². The van der Waals surface area contributed by atoms with Gasteiger partial charge >= 0.3 is 5.97 Å². The van der Waals surface area contributed by atoms with E-state index in [-0.39, 0.29) is 18.1 Å². The summed E-state index contributed by atoms with van der Waals surface area (Å²) in [7, 11) is 0. The van der Waals surface area contributed by atoms with Crippen LogP contribution in [0.3, 0.4) is 0 Å². The monoisotopic (exact) mass is 443 g/mol. The molecule has 0 saturated heterocycles. The first-order valence-electron chi connectivity index (χ1n) is 10.9. The lowest BCUT2D eigenvalue weighted by atomic mass is 10.2. The zero-order chi connectivity index (χ0) is 23.4. The van der Waals surface area contributed by atoms with Crippen LogP contribution in [0.4, 0.5) is 23.3 Å². The van der Waals surface area contributed by atoms with Gasteiger partial charge in [0.15, 0.2) is 11.6 Å².